The van der Waals surface area contributed by atoms with E-state index in [4.69, 9.17) is 9.84 Å². The van der Waals surface area contributed by atoms with E-state index in [9.17, 15) is 22.8 Å². The lowest BCUT2D eigenvalue weighted by Crippen LogP contribution is -2.26. The summed E-state index contributed by atoms with van der Waals surface area (Å²) in [6.45, 7) is -0.398. The van der Waals surface area contributed by atoms with Gasteiger partial charge in [-0.25, -0.2) is 13.2 Å². The first-order valence-corrected chi connectivity index (χ1v) is 7.74. The van der Waals surface area contributed by atoms with Gasteiger partial charge in [0.2, 0.25) is 5.91 Å². The number of carboxylic acids is 1. The minimum absolute atomic E-state index is 0.169. The van der Waals surface area contributed by atoms with Crippen molar-refractivity contribution in [2.75, 3.05) is 11.4 Å². The van der Waals surface area contributed by atoms with Crippen LogP contribution in [0.4, 0.5) is 18.9 Å². The zero-order chi connectivity index (χ0) is 18.8. The van der Waals surface area contributed by atoms with Crippen LogP contribution in [0.3, 0.4) is 0 Å². The molecule has 0 saturated carbocycles. The van der Waals surface area contributed by atoms with Crippen LogP contribution in [-0.4, -0.2) is 23.5 Å². The molecule has 1 aliphatic heterocycles. The number of hydrogen-bond donors (Lipinski definition) is 1. The third-order valence-corrected chi connectivity index (χ3v) is 4.05. The summed E-state index contributed by atoms with van der Waals surface area (Å²) in [6, 6.07) is 7.06. The Hall–Kier alpha value is -3.03. The predicted octanol–water partition coefficient (Wildman–Crippen LogP) is 3.12. The van der Waals surface area contributed by atoms with Crippen LogP contribution in [-0.2, 0) is 16.2 Å². The summed E-state index contributed by atoms with van der Waals surface area (Å²) >= 11 is 0. The third-order valence-electron chi connectivity index (χ3n) is 4.05. The molecule has 1 heterocycles. The quantitative estimate of drug-likeness (QED) is 0.884. The maximum atomic E-state index is 14.3. The van der Waals surface area contributed by atoms with Gasteiger partial charge in [0.1, 0.15) is 12.4 Å². The monoisotopic (exact) mass is 365 g/mol. The highest BCUT2D eigenvalue weighted by Crippen LogP contribution is 2.32. The zero-order valence-corrected chi connectivity index (χ0v) is 13.4. The molecule has 136 valence electrons. The molecule has 0 unspecified atom stereocenters. The Balaban J connectivity index is 1.78. The summed E-state index contributed by atoms with van der Waals surface area (Å²) in [5.41, 5.74) is 0.0993. The number of carboxylic acid groups (broad SMARTS) is 1. The van der Waals surface area contributed by atoms with Gasteiger partial charge in [-0.15, -0.1) is 0 Å². The summed E-state index contributed by atoms with van der Waals surface area (Å²) in [5.74, 6) is -5.43. The van der Waals surface area contributed by atoms with Gasteiger partial charge in [0.15, 0.2) is 17.4 Å². The van der Waals surface area contributed by atoms with Gasteiger partial charge in [-0.05, 0) is 17.7 Å². The van der Waals surface area contributed by atoms with Crippen molar-refractivity contribution in [1.82, 2.24) is 0 Å². The molecule has 1 saturated heterocycles. The summed E-state index contributed by atoms with van der Waals surface area (Å²) in [6.07, 6.45) is -0.270. The fraction of sp³-hybridized carbons (Fsp3) is 0.222. The number of benzene rings is 2. The van der Waals surface area contributed by atoms with E-state index in [-0.39, 0.29) is 25.3 Å². The van der Waals surface area contributed by atoms with Crippen LogP contribution in [0.15, 0.2) is 36.4 Å². The average Bonchev–Trinajstić information content (AvgIpc) is 2.97. The van der Waals surface area contributed by atoms with Crippen LogP contribution in [0.2, 0.25) is 0 Å². The van der Waals surface area contributed by atoms with Crippen molar-refractivity contribution in [3.63, 3.8) is 0 Å². The number of carbonyl (C=O) groups excluding carboxylic acids is 1. The van der Waals surface area contributed by atoms with E-state index >= 15 is 0 Å². The van der Waals surface area contributed by atoms with E-state index in [1.807, 2.05) is 0 Å². The maximum absolute atomic E-state index is 14.3. The molecule has 0 bridgehead atoms. The van der Waals surface area contributed by atoms with E-state index < -0.39 is 41.0 Å². The Morgan fingerprint density at radius 2 is 1.96 bits per heavy atom. The normalized spacial score (nSPS) is 16.8. The molecule has 8 heteroatoms. The van der Waals surface area contributed by atoms with Crippen molar-refractivity contribution in [3.8, 4) is 5.75 Å². The van der Waals surface area contributed by atoms with E-state index in [1.54, 1.807) is 6.07 Å². The van der Waals surface area contributed by atoms with Crippen molar-refractivity contribution in [2.24, 2.45) is 5.92 Å². The first-order chi connectivity index (χ1) is 12.3. The highest BCUT2D eigenvalue weighted by atomic mass is 19.1. The first kappa shape index (κ1) is 17.8. The molecule has 0 radical (unpaired) electrons. The molecule has 1 amide bonds. The zero-order valence-electron chi connectivity index (χ0n) is 13.4. The minimum atomic E-state index is -1.17. The molecule has 1 aliphatic rings. The minimum Gasteiger partial charge on any atom is -0.486 e. The number of halogens is 3. The molecule has 5 nitrogen and oxygen atoms in total. The second-order valence-corrected chi connectivity index (χ2v) is 5.90. The van der Waals surface area contributed by atoms with Crippen molar-refractivity contribution < 1.29 is 32.6 Å². The van der Waals surface area contributed by atoms with E-state index in [1.165, 1.54) is 18.2 Å². The van der Waals surface area contributed by atoms with Crippen LogP contribution in [0.5, 0.6) is 5.75 Å². The van der Waals surface area contributed by atoms with Gasteiger partial charge in [-0.3, -0.25) is 9.59 Å². The molecule has 0 aliphatic carbocycles. The lowest BCUT2D eigenvalue weighted by atomic mass is 10.1. The molecule has 1 fully saturated rings. The Bertz CT molecular complexity index is 872. The van der Waals surface area contributed by atoms with Gasteiger partial charge in [-0.1, -0.05) is 12.1 Å². The van der Waals surface area contributed by atoms with Gasteiger partial charge < -0.3 is 14.7 Å². The van der Waals surface area contributed by atoms with Crippen LogP contribution >= 0.6 is 0 Å². The predicted molar refractivity (Wildman–Crippen MR) is 85.2 cm³/mol. The number of amides is 1. The third kappa shape index (κ3) is 3.63. The van der Waals surface area contributed by atoms with Gasteiger partial charge in [-0.2, -0.15) is 0 Å². The second kappa shape index (κ2) is 7.07. The number of anilines is 1. The maximum Gasteiger partial charge on any atom is 0.308 e. The highest BCUT2D eigenvalue weighted by Gasteiger charge is 2.36. The molecule has 0 spiro atoms. The standard InChI is InChI=1S/C18H14F3NO4/c19-12-3-1-2-10(4-12)9-26-16-7-13(20)15(6-14(16)21)22-8-11(18(24)25)5-17(22)23/h1-4,6-7,11H,5,8-9H2,(H,24,25)/t11-/m0/s1. The van der Waals surface area contributed by atoms with E-state index in [0.29, 0.717) is 5.56 Å². The Morgan fingerprint density at radius 1 is 1.19 bits per heavy atom. The largest absolute Gasteiger partial charge is 0.486 e. The number of carbonyl (C=O) groups is 2. The fourth-order valence-electron chi connectivity index (χ4n) is 2.73. The Kier molecular flexibility index (Phi) is 4.83. The van der Waals surface area contributed by atoms with Crippen molar-refractivity contribution >= 4 is 17.6 Å². The Labute approximate surface area is 146 Å². The number of aliphatic carboxylic acids is 1. The molecule has 2 aromatic carbocycles. The molecule has 2 aromatic rings. The van der Waals surface area contributed by atoms with Crippen LogP contribution in [0, 0.1) is 23.4 Å². The first-order valence-electron chi connectivity index (χ1n) is 7.74. The van der Waals surface area contributed by atoms with Crippen molar-refractivity contribution in [2.45, 2.75) is 13.0 Å². The number of ether oxygens (including phenoxy) is 1. The average molecular weight is 365 g/mol. The number of rotatable bonds is 5. The summed E-state index contributed by atoms with van der Waals surface area (Å²) < 4.78 is 46.9. The lowest BCUT2D eigenvalue weighted by molar-refractivity contribution is -0.141. The van der Waals surface area contributed by atoms with Crippen LogP contribution in [0.1, 0.15) is 12.0 Å². The molecule has 0 aromatic heterocycles. The van der Waals surface area contributed by atoms with E-state index in [2.05, 4.69) is 0 Å². The molecule has 26 heavy (non-hydrogen) atoms. The molecular weight excluding hydrogens is 351 g/mol. The van der Waals surface area contributed by atoms with Crippen LogP contribution < -0.4 is 9.64 Å². The highest BCUT2D eigenvalue weighted by molar-refractivity contribution is 5.99. The summed E-state index contributed by atoms with van der Waals surface area (Å²) in [7, 11) is 0. The molecular formula is C18H14F3NO4. The van der Waals surface area contributed by atoms with Crippen molar-refractivity contribution in [3.05, 3.63) is 59.4 Å². The molecule has 1 N–H and O–H groups in total. The van der Waals surface area contributed by atoms with Crippen LogP contribution in [0.25, 0.3) is 0 Å². The molecule has 1 atom stereocenters. The second-order valence-electron chi connectivity index (χ2n) is 5.90. The molecule has 3 rings (SSSR count). The number of nitrogens with zero attached hydrogens (tertiary/aromatic N) is 1. The number of hydrogen-bond acceptors (Lipinski definition) is 3. The summed E-state index contributed by atoms with van der Waals surface area (Å²) in [5, 5.41) is 8.97. The Morgan fingerprint density at radius 3 is 2.62 bits per heavy atom. The SMILES string of the molecule is O=C(O)[C@H]1CC(=O)N(c2cc(F)c(OCc3cccc(F)c3)cc2F)C1. The topological polar surface area (TPSA) is 66.8 Å². The van der Waals surface area contributed by atoms with Gasteiger partial charge >= 0.3 is 5.97 Å². The van der Waals surface area contributed by atoms with Crippen molar-refractivity contribution in [1.29, 1.82) is 0 Å². The summed E-state index contributed by atoms with van der Waals surface area (Å²) in [4.78, 5) is 23.8. The van der Waals surface area contributed by atoms with E-state index in [0.717, 1.165) is 17.0 Å². The van der Waals surface area contributed by atoms with Gasteiger partial charge in [0, 0.05) is 25.1 Å². The van der Waals surface area contributed by atoms with Gasteiger partial charge in [0.05, 0.1) is 11.6 Å². The fourth-order valence-corrected chi connectivity index (χ4v) is 2.73. The smallest absolute Gasteiger partial charge is 0.308 e. The van der Waals surface area contributed by atoms with Gasteiger partial charge in [0.25, 0.3) is 0 Å². The lowest BCUT2D eigenvalue weighted by Gasteiger charge is -2.18.